The van der Waals surface area contributed by atoms with Gasteiger partial charge in [0.2, 0.25) is 16.0 Å². The van der Waals surface area contributed by atoms with Crippen LogP contribution in [0.1, 0.15) is 47.2 Å². The Morgan fingerprint density at radius 2 is 2.00 bits per heavy atom. The highest BCUT2D eigenvalue weighted by molar-refractivity contribution is 7.89. The van der Waals surface area contributed by atoms with Crippen molar-refractivity contribution in [3.05, 3.63) is 40.7 Å². The molecule has 1 aliphatic rings. The molecular weight excluding hydrogens is 454 g/mol. The number of pyridine rings is 1. The average Bonchev–Trinajstić information content (AvgIpc) is 2.98. The van der Waals surface area contributed by atoms with Crippen molar-refractivity contribution in [3.8, 4) is 6.07 Å². The molecule has 0 radical (unpaired) electrons. The predicted molar refractivity (Wildman–Crippen MR) is 105 cm³/mol. The van der Waals surface area contributed by atoms with Gasteiger partial charge in [-0.15, -0.1) is 0 Å². The lowest BCUT2D eigenvalue weighted by Gasteiger charge is -2.20. The van der Waals surface area contributed by atoms with Crippen molar-refractivity contribution in [2.24, 2.45) is 0 Å². The van der Waals surface area contributed by atoms with E-state index >= 15 is 0 Å². The summed E-state index contributed by atoms with van der Waals surface area (Å²) in [4.78, 5) is 16.0. The van der Waals surface area contributed by atoms with Crippen molar-refractivity contribution >= 4 is 21.6 Å². The normalized spacial score (nSPS) is 15.0. The van der Waals surface area contributed by atoms with E-state index in [0.29, 0.717) is 19.8 Å². The molecule has 3 rings (SSSR count). The number of nitriles is 1. The summed E-state index contributed by atoms with van der Waals surface area (Å²) in [6.07, 6.45) is -3.29. The van der Waals surface area contributed by atoms with E-state index in [9.17, 15) is 30.8 Å². The second-order valence-corrected chi connectivity index (χ2v) is 9.02. The molecule has 0 bridgehead atoms. The summed E-state index contributed by atoms with van der Waals surface area (Å²) in [7, 11) is -4.60. The third-order valence-corrected chi connectivity index (χ3v) is 6.82. The zero-order chi connectivity index (χ0) is 23.8. The van der Waals surface area contributed by atoms with E-state index in [-0.39, 0.29) is 46.2 Å². The van der Waals surface area contributed by atoms with Crippen LogP contribution in [-0.4, -0.2) is 36.1 Å². The highest BCUT2D eigenvalue weighted by Crippen LogP contribution is 2.33. The summed E-state index contributed by atoms with van der Waals surface area (Å²) in [5, 5.41) is 11.3. The molecule has 0 spiro atoms. The summed E-state index contributed by atoms with van der Waals surface area (Å²) in [6, 6.07) is 1.35. The number of amides is 1. The van der Waals surface area contributed by atoms with Gasteiger partial charge < -0.3 is 9.88 Å². The van der Waals surface area contributed by atoms with Crippen LogP contribution in [0.2, 0.25) is 0 Å². The topological polar surface area (TPSA) is 117 Å². The molecule has 8 nitrogen and oxygen atoms in total. The number of hydrogen-bond donors (Lipinski definition) is 2. The van der Waals surface area contributed by atoms with Gasteiger partial charge >= 0.3 is 6.18 Å². The molecule has 2 N–H and O–H groups in total. The number of fused-ring (bicyclic) bond motifs is 1. The fourth-order valence-electron chi connectivity index (χ4n) is 3.67. The van der Waals surface area contributed by atoms with Crippen LogP contribution in [0.5, 0.6) is 0 Å². The van der Waals surface area contributed by atoms with Gasteiger partial charge in [-0.25, -0.2) is 13.4 Å². The van der Waals surface area contributed by atoms with Gasteiger partial charge in [0.25, 0.3) is 5.91 Å². The summed E-state index contributed by atoms with van der Waals surface area (Å²) in [5.41, 5.74) is -0.188. The number of alkyl halides is 3. The summed E-state index contributed by atoms with van der Waals surface area (Å²) in [6.45, 7) is 2.31. The molecule has 0 aliphatic carbocycles. The standard InChI is InChI=1S/C19H19F4N5O3S/c1-10-16(18(29)26-12-7-13(9-24)25-15(20)8-12)28-6-4-3-5-14(28)17(10)32(30,31)27-11(2)19(21,22)23/h7-8,11,27H,3-6H2,1-2H3,(H,25,26,29). The Bertz CT molecular complexity index is 1220. The van der Waals surface area contributed by atoms with Crippen LogP contribution < -0.4 is 10.0 Å². The lowest BCUT2D eigenvalue weighted by atomic mass is 10.1. The molecule has 1 aliphatic heterocycles. The third-order valence-electron chi connectivity index (χ3n) is 5.07. The predicted octanol–water partition coefficient (Wildman–Crippen LogP) is 3.02. The van der Waals surface area contributed by atoms with Crippen LogP contribution in [0.25, 0.3) is 0 Å². The van der Waals surface area contributed by atoms with E-state index < -0.39 is 34.1 Å². The molecule has 1 amide bonds. The van der Waals surface area contributed by atoms with E-state index in [4.69, 9.17) is 5.26 Å². The highest BCUT2D eigenvalue weighted by atomic mass is 32.2. The number of anilines is 1. The largest absolute Gasteiger partial charge is 0.404 e. The maximum atomic E-state index is 13.6. The number of halogens is 4. The molecule has 1 unspecified atom stereocenters. The van der Waals surface area contributed by atoms with Crippen molar-refractivity contribution < 1.29 is 30.8 Å². The number of nitrogens with zero attached hydrogens (tertiary/aromatic N) is 3. The molecule has 0 saturated carbocycles. The van der Waals surface area contributed by atoms with Crippen LogP contribution >= 0.6 is 0 Å². The molecule has 0 saturated heterocycles. The second kappa shape index (κ2) is 8.51. The summed E-state index contributed by atoms with van der Waals surface area (Å²) in [5.74, 6) is -1.78. The van der Waals surface area contributed by atoms with E-state index in [1.165, 1.54) is 11.5 Å². The number of carbonyl (C=O) groups is 1. The molecule has 32 heavy (non-hydrogen) atoms. The maximum Gasteiger partial charge on any atom is 0.404 e. The van der Waals surface area contributed by atoms with Crippen LogP contribution in [0.3, 0.4) is 0 Å². The molecule has 172 valence electrons. The number of sulfonamides is 1. The summed E-state index contributed by atoms with van der Waals surface area (Å²) < 4.78 is 81.3. The quantitative estimate of drug-likeness (QED) is 0.512. The number of hydrogen-bond acceptors (Lipinski definition) is 5. The molecule has 1 atom stereocenters. The number of rotatable bonds is 5. The van der Waals surface area contributed by atoms with E-state index in [1.807, 2.05) is 0 Å². The van der Waals surface area contributed by atoms with Gasteiger partial charge in [0, 0.05) is 29.6 Å². The Morgan fingerprint density at radius 1 is 1.31 bits per heavy atom. The van der Waals surface area contributed by atoms with Crippen molar-refractivity contribution in [3.63, 3.8) is 0 Å². The van der Waals surface area contributed by atoms with Gasteiger partial charge in [-0.2, -0.15) is 27.5 Å². The lowest BCUT2D eigenvalue weighted by molar-refractivity contribution is -0.147. The van der Waals surface area contributed by atoms with Crippen molar-refractivity contribution in [1.29, 1.82) is 5.26 Å². The summed E-state index contributed by atoms with van der Waals surface area (Å²) >= 11 is 0. The van der Waals surface area contributed by atoms with Crippen molar-refractivity contribution in [1.82, 2.24) is 14.3 Å². The van der Waals surface area contributed by atoms with Gasteiger partial charge in [-0.1, -0.05) is 0 Å². The fourth-order valence-corrected chi connectivity index (χ4v) is 5.41. The second-order valence-electron chi connectivity index (χ2n) is 7.37. The Kier molecular flexibility index (Phi) is 6.30. The van der Waals surface area contributed by atoms with Crippen molar-refractivity contribution in [2.45, 2.75) is 56.8 Å². The Morgan fingerprint density at radius 3 is 2.62 bits per heavy atom. The minimum atomic E-state index is -4.79. The van der Waals surface area contributed by atoms with Gasteiger partial charge in [-0.3, -0.25) is 4.79 Å². The smallest absolute Gasteiger partial charge is 0.339 e. The van der Waals surface area contributed by atoms with Gasteiger partial charge in [0.1, 0.15) is 28.4 Å². The Hall–Kier alpha value is -2.98. The van der Waals surface area contributed by atoms with E-state index in [0.717, 1.165) is 12.1 Å². The third kappa shape index (κ3) is 4.61. The van der Waals surface area contributed by atoms with Gasteiger partial charge in [0.05, 0.1) is 0 Å². The van der Waals surface area contributed by atoms with Crippen LogP contribution in [0, 0.1) is 24.2 Å². The van der Waals surface area contributed by atoms with Gasteiger partial charge in [0.15, 0.2) is 0 Å². The Labute approximate surface area is 181 Å². The first-order chi connectivity index (χ1) is 14.8. The molecule has 3 heterocycles. The molecule has 0 aromatic carbocycles. The minimum absolute atomic E-state index is 0.0173. The molecule has 2 aromatic heterocycles. The number of nitrogens with one attached hydrogen (secondary N) is 2. The molecule has 0 fully saturated rings. The molecular formula is C19H19F4N5O3S. The first-order valence-corrected chi connectivity index (χ1v) is 11.0. The van der Waals surface area contributed by atoms with Gasteiger partial charge in [-0.05, 0) is 39.2 Å². The number of carbonyl (C=O) groups excluding carboxylic acids is 1. The first kappa shape index (κ1) is 23.7. The van der Waals surface area contributed by atoms with E-state index in [2.05, 4.69) is 10.3 Å². The number of aromatic nitrogens is 2. The average molecular weight is 473 g/mol. The van der Waals surface area contributed by atoms with Crippen LogP contribution in [-0.2, 0) is 23.0 Å². The first-order valence-electron chi connectivity index (χ1n) is 9.55. The minimum Gasteiger partial charge on any atom is -0.339 e. The Balaban J connectivity index is 2.05. The SMILES string of the molecule is Cc1c(S(=O)(=O)NC(C)C(F)(F)F)c2n(c1C(=O)Nc1cc(F)nc(C#N)c1)CCCC2. The maximum absolute atomic E-state index is 13.6. The monoisotopic (exact) mass is 473 g/mol. The van der Waals surface area contributed by atoms with E-state index in [1.54, 1.807) is 10.8 Å². The van der Waals surface area contributed by atoms with Crippen LogP contribution in [0.15, 0.2) is 17.0 Å². The van der Waals surface area contributed by atoms with Crippen LogP contribution in [0.4, 0.5) is 23.2 Å². The molecule has 13 heteroatoms. The molecule has 2 aromatic rings. The van der Waals surface area contributed by atoms with Crippen molar-refractivity contribution in [2.75, 3.05) is 5.32 Å². The highest BCUT2D eigenvalue weighted by Gasteiger charge is 2.41. The zero-order valence-corrected chi connectivity index (χ0v) is 17.9. The fraction of sp³-hybridized carbons (Fsp3) is 0.421. The lowest BCUT2D eigenvalue weighted by Crippen LogP contribution is -2.43. The zero-order valence-electron chi connectivity index (χ0n) is 17.0.